The van der Waals surface area contributed by atoms with E-state index < -0.39 is 0 Å². The number of rotatable bonds is 6. The van der Waals surface area contributed by atoms with Crippen LogP contribution in [0.2, 0.25) is 0 Å². The van der Waals surface area contributed by atoms with Crippen LogP contribution in [0.3, 0.4) is 0 Å². The van der Waals surface area contributed by atoms with Crippen molar-refractivity contribution in [2.75, 3.05) is 39.0 Å². The average molecular weight is 262 g/mol. The Morgan fingerprint density at radius 3 is 3.00 bits per heavy atom. The van der Waals surface area contributed by atoms with Crippen LogP contribution in [0.4, 0.5) is 5.82 Å². The standard InChI is InChI=1S/C15H26N4/c1-4-16-15-9-5-7-13(17-15)11-18(2)12-14-8-6-10-19(14)3/h5,7,9,14H,4,6,8,10-12H2,1-3H3,(H,16,17). The third-order valence-corrected chi connectivity index (χ3v) is 3.79. The minimum atomic E-state index is 0.710. The molecule has 0 radical (unpaired) electrons. The molecule has 1 aliphatic rings. The van der Waals surface area contributed by atoms with Gasteiger partial charge in [0, 0.05) is 25.7 Å². The third kappa shape index (κ3) is 4.18. The van der Waals surface area contributed by atoms with Crippen LogP contribution in [-0.2, 0) is 6.54 Å². The molecule has 1 atom stereocenters. The van der Waals surface area contributed by atoms with Crippen molar-refractivity contribution in [1.29, 1.82) is 0 Å². The van der Waals surface area contributed by atoms with Crippen molar-refractivity contribution in [3.05, 3.63) is 23.9 Å². The number of nitrogens with one attached hydrogen (secondary N) is 1. The Morgan fingerprint density at radius 1 is 1.47 bits per heavy atom. The highest BCUT2D eigenvalue weighted by atomic mass is 15.2. The van der Waals surface area contributed by atoms with E-state index >= 15 is 0 Å². The summed E-state index contributed by atoms with van der Waals surface area (Å²) in [6, 6.07) is 6.92. The van der Waals surface area contributed by atoms with Crippen molar-refractivity contribution >= 4 is 5.82 Å². The fourth-order valence-corrected chi connectivity index (χ4v) is 2.76. The van der Waals surface area contributed by atoms with Crippen molar-refractivity contribution in [1.82, 2.24) is 14.8 Å². The second-order valence-electron chi connectivity index (χ2n) is 5.52. The Balaban J connectivity index is 1.87. The van der Waals surface area contributed by atoms with Gasteiger partial charge in [-0.1, -0.05) is 6.07 Å². The molecule has 2 heterocycles. The maximum Gasteiger partial charge on any atom is 0.126 e. The van der Waals surface area contributed by atoms with Crippen LogP contribution in [0.5, 0.6) is 0 Å². The highest BCUT2D eigenvalue weighted by Gasteiger charge is 2.22. The van der Waals surface area contributed by atoms with E-state index in [1.54, 1.807) is 0 Å². The molecule has 0 bridgehead atoms. The first-order chi connectivity index (χ1) is 9.19. The zero-order chi connectivity index (χ0) is 13.7. The van der Waals surface area contributed by atoms with Gasteiger partial charge in [-0.2, -0.15) is 0 Å². The Morgan fingerprint density at radius 2 is 2.32 bits per heavy atom. The fraction of sp³-hybridized carbons (Fsp3) is 0.667. The van der Waals surface area contributed by atoms with Crippen LogP contribution in [0.15, 0.2) is 18.2 Å². The molecule has 0 aromatic carbocycles. The normalized spacial score (nSPS) is 20.1. The molecular weight excluding hydrogens is 236 g/mol. The van der Waals surface area contributed by atoms with Crippen molar-refractivity contribution in [2.45, 2.75) is 32.4 Å². The molecule has 1 aromatic heterocycles. The second kappa shape index (κ2) is 6.87. The van der Waals surface area contributed by atoms with Gasteiger partial charge in [-0.15, -0.1) is 0 Å². The first-order valence-corrected chi connectivity index (χ1v) is 7.27. The molecule has 1 aromatic rings. The molecule has 19 heavy (non-hydrogen) atoms. The lowest BCUT2D eigenvalue weighted by Gasteiger charge is -2.25. The summed E-state index contributed by atoms with van der Waals surface area (Å²) < 4.78 is 0. The predicted octanol–water partition coefficient (Wildman–Crippen LogP) is 2.04. The maximum absolute atomic E-state index is 4.63. The SMILES string of the molecule is CCNc1cccc(CN(C)CC2CCCN2C)n1. The van der Waals surface area contributed by atoms with E-state index in [1.807, 2.05) is 6.07 Å². The van der Waals surface area contributed by atoms with Crippen molar-refractivity contribution < 1.29 is 0 Å². The van der Waals surface area contributed by atoms with Gasteiger partial charge in [0.25, 0.3) is 0 Å². The van der Waals surface area contributed by atoms with Crippen LogP contribution < -0.4 is 5.32 Å². The topological polar surface area (TPSA) is 31.4 Å². The van der Waals surface area contributed by atoms with Gasteiger partial charge in [0.05, 0.1) is 5.69 Å². The number of hydrogen-bond donors (Lipinski definition) is 1. The van der Waals surface area contributed by atoms with Gasteiger partial charge >= 0.3 is 0 Å². The first kappa shape index (κ1) is 14.3. The summed E-state index contributed by atoms with van der Waals surface area (Å²) in [6.45, 7) is 6.30. The van der Waals surface area contributed by atoms with Gasteiger partial charge < -0.3 is 10.2 Å². The van der Waals surface area contributed by atoms with Crippen LogP contribution in [0.25, 0.3) is 0 Å². The lowest BCUT2D eigenvalue weighted by molar-refractivity contribution is 0.214. The zero-order valence-corrected chi connectivity index (χ0v) is 12.4. The second-order valence-corrected chi connectivity index (χ2v) is 5.52. The van der Waals surface area contributed by atoms with Gasteiger partial charge in [0.2, 0.25) is 0 Å². The fourth-order valence-electron chi connectivity index (χ4n) is 2.76. The number of hydrogen-bond acceptors (Lipinski definition) is 4. The smallest absolute Gasteiger partial charge is 0.126 e. The van der Waals surface area contributed by atoms with Crippen molar-refractivity contribution in [3.63, 3.8) is 0 Å². The molecule has 0 saturated carbocycles. The number of likely N-dealkylation sites (tertiary alicyclic amines) is 1. The van der Waals surface area contributed by atoms with E-state index in [0.717, 1.165) is 31.1 Å². The summed E-state index contributed by atoms with van der Waals surface area (Å²) in [6.07, 6.45) is 2.66. The number of anilines is 1. The van der Waals surface area contributed by atoms with Gasteiger partial charge in [-0.25, -0.2) is 4.98 Å². The van der Waals surface area contributed by atoms with E-state index in [1.165, 1.54) is 19.4 Å². The molecule has 0 amide bonds. The average Bonchev–Trinajstić information content (AvgIpc) is 2.76. The monoisotopic (exact) mass is 262 g/mol. The Bertz CT molecular complexity index is 393. The molecule has 1 saturated heterocycles. The largest absolute Gasteiger partial charge is 0.370 e. The lowest BCUT2D eigenvalue weighted by atomic mass is 10.2. The molecule has 1 unspecified atom stereocenters. The molecule has 0 spiro atoms. The van der Waals surface area contributed by atoms with Crippen LogP contribution in [0.1, 0.15) is 25.5 Å². The Kier molecular flexibility index (Phi) is 5.16. The summed E-state index contributed by atoms with van der Waals surface area (Å²) in [5, 5.41) is 3.26. The van der Waals surface area contributed by atoms with Crippen LogP contribution in [0, 0.1) is 0 Å². The number of aromatic nitrogens is 1. The zero-order valence-electron chi connectivity index (χ0n) is 12.4. The highest BCUT2D eigenvalue weighted by Crippen LogP contribution is 2.16. The van der Waals surface area contributed by atoms with Gasteiger partial charge in [0.15, 0.2) is 0 Å². The van der Waals surface area contributed by atoms with Crippen molar-refractivity contribution in [3.8, 4) is 0 Å². The van der Waals surface area contributed by atoms with Crippen LogP contribution >= 0.6 is 0 Å². The molecular formula is C15H26N4. The molecule has 1 fully saturated rings. The van der Waals surface area contributed by atoms with E-state index in [0.29, 0.717) is 6.04 Å². The first-order valence-electron chi connectivity index (χ1n) is 7.27. The summed E-state index contributed by atoms with van der Waals surface area (Å²) in [5.74, 6) is 0.978. The summed E-state index contributed by atoms with van der Waals surface area (Å²) in [7, 11) is 4.42. The van der Waals surface area contributed by atoms with Gasteiger partial charge in [-0.3, -0.25) is 4.90 Å². The number of likely N-dealkylation sites (N-methyl/N-ethyl adjacent to an activating group) is 2. The summed E-state index contributed by atoms with van der Waals surface area (Å²) in [4.78, 5) is 9.48. The van der Waals surface area contributed by atoms with Crippen LogP contribution in [-0.4, -0.2) is 54.6 Å². The molecule has 0 aliphatic carbocycles. The van der Waals surface area contributed by atoms with E-state index in [-0.39, 0.29) is 0 Å². The molecule has 106 valence electrons. The Labute approximate surface area is 116 Å². The lowest BCUT2D eigenvalue weighted by Crippen LogP contribution is -2.36. The van der Waals surface area contributed by atoms with Gasteiger partial charge in [-0.05, 0) is 52.5 Å². The Hall–Kier alpha value is -1.13. The molecule has 1 aliphatic heterocycles. The predicted molar refractivity (Wildman–Crippen MR) is 80.4 cm³/mol. The molecule has 4 nitrogen and oxygen atoms in total. The molecule has 2 rings (SSSR count). The van der Waals surface area contributed by atoms with Crippen molar-refractivity contribution in [2.24, 2.45) is 0 Å². The maximum atomic E-state index is 4.63. The minimum absolute atomic E-state index is 0.710. The highest BCUT2D eigenvalue weighted by molar-refractivity contribution is 5.34. The quantitative estimate of drug-likeness (QED) is 0.850. The summed E-state index contributed by atoms with van der Waals surface area (Å²) in [5.41, 5.74) is 1.14. The van der Waals surface area contributed by atoms with Gasteiger partial charge in [0.1, 0.15) is 5.82 Å². The summed E-state index contributed by atoms with van der Waals surface area (Å²) >= 11 is 0. The van der Waals surface area contributed by atoms with E-state index in [9.17, 15) is 0 Å². The number of nitrogens with zero attached hydrogens (tertiary/aromatic N) is 3. The molecule has 1 N–H and O–H groups in total. The third-order valence-electron chi connectivity index (χ3n) is 3.79. The number of pyridine rings is 1. The molecule has 4 heteroatoms. The minimum Gasteiger partial charge on any atom is -0.370 e. The van der Waals surface area contributed by atoms with E-state index in [4.69, 9.17) is 0 Å². The van der Waals surface area contributed by atoms with E-state index in [2.05, 4.69) is 53.3 Å².